The van der Waals surface area contributed by atoms with Crippen LogP contribution < -0.4 is 24.8 Å². The Kier molecular flexibility index (Phi) is 8.14. The van der Waals surface area contributed by atoms with E-state index < -0.39 is 10.8 Å². The van der Waals surface area contributed by atoms with Gasteiger partial charge in [0.25, 0.3) is 11.6 Å². The highest BCUT2D eigenvalue weighted by Crippen LogP contribution is 2.28. The molecule has 0 spiro atoms. The third-order valence-corrected chi connectivity index (χ3v) is 4.54. The lowest BCUT2D eigenvalue weighted by Crippen LogP contribution is -2.34. The molecule has 0 atom stereocenters. The number of hydrogen-bond donors (Lipinski definition) is 2. The van der Waals surface area contributed by atoms with Gasteiger partial charge in [-0.15, -0.1) is 0 Å². The molecule has 0 bridgehead atoms. The van der Waals surface area contributed by atoms with Crippen LogP contribution in [-0.4, -0.2) is 36.3 Å². The maximum Gasteiger partial charge on any atom is 0.296 e. The van der Waals surface area contributed by atoms with Crippen LogP contribution in [-0.2, 0) is 0 Å². The van der Waals surface area contributed by atoms with Gasteiger partial charge in [-0.1, -0.05) is 24.3 Å². The first-order valence-electron chi connectivity index (χ1n) is 9.82. The number of nitrogens with zero attached hydrogens (tertiary/aromatic N) is 1. The van der Waals surface area contributed by atoms with Crippen molar-refractivity contribution in [1.82, 2.24) is 5.32 Å². The zero-order valence-electron chi connectivity index (χ0n) is 17.6. The summed E-state index contributed by atoms with van der Waals surface area (Å²) in [5.41, 5.74) is 0.200. The first-order valence-corrected chi connectivity index (χ1v) is 10.2. The van der Waals surface area contributed by atoms with Crippen molar-refractivity contribution in [3.05, 3.63) is 88.5 Å². The van der Waals surface area contributed by atoms with E-state index in [0.717, 1.165) is 5.75 Å². The van der Waals surface area contributed by atoms with Crippen molar-refractivity contribution in [2.45, 2.75) is 0 Å². The largest absolute Gasteiger partial charge is 0.496 e. The Morgan fingerprint density at radius 3 is 2.33 bits per heavy atom. The molecule has 33 heavy (non-hydrogen) atoms. The Labute approximate surface area is 195 Å². The number of ether oxygens (including phenoxy) is 3. The van der Waals surface area contributed by atoms with Crippen molar-refractivity contribution in [3.8, 4) is 17.2 Å². The standard InChI is InChI=1S/C23H21N3O6S/c1-30-18-10-11-20(21(15-18)26(28)29)24-23(33)25-22(27)16-6-5-9-19(14-16)32-13-12-31-17-7-3-2-4-8-17/h2-11,14-15H,12-13H2,1H3,(H2,24,25,27,33). The molecule has 9 nitrogen and oxygen atoms in total. The summed E-state index contributed by atoms with van der Waals surface area (Å²) in [7, 11) is 1.41. The molecule has 0 aliphatic heterocycles. The molecule has 0 unspecified atom stereocenters. The van der Waals surface area contributed by atoms with Crippen LogP contribution in [0.4, 0.5) is 11.4 Å². The Bertz CT molecular complexity index is 1140. The van der Waals surface area contributed by atoms with E-state index in [0.29, 0.717) is 30.3 Å². The lowest BCUT2D eigenvalue weighted by atomic mass is 10.2. The lowest BCUT2D eigenvalue weighted by Gasteiger charge is -2.12. The monoisotopic (exact) mass is 467 g/mol. The van der Waals surface area contributed by atoms with Gasteiger partial charge in [-0.05, 0) is 54.7 Å². The molecule has 0 aliphatic rings. The van der Waals surface area contributed by atoms with Gasteiger partial charge in [0.05, 0.1) is 18.1 Å². The third-order valence-electron chi connectivity index (χ3n) is 4.34. The number of benzene rings is 3. The summed E-state index contributed by atoms with van der Waals surface area (Å²) in [4.78, 5) is 23.3. The second-order valence-corrected chi connectivity index (χ2v) is 6.99. The Balaban J connectivity index is 1.55. The Morgan fingerprint density at radius 1 is 0.939 bits per heavy atom. The molecule has 3 aromatic carbocycles. The highest BCUT2D eigenvalue weighted by Gasteiger charge is 2.17. The second kappa shape index (κ2) is 11.4. The molecular formula is C23H21N3O6S. The topological polar surface area (TPSA) is 112 Å². The Hall–Kier alpha value is -4.18. The van der Waals surface area contributed by atoms with Crippen LogP contribution in [0.25, 0.3) is 0 Å². The summed E-state index contributed by atoms with van der Waals surface area (Å²) in [5, 5.41) is 16.4. The van der Waals surface area contributed by atoms with E-state index in [2.05, 4.69) is 10.6 Å². The number of hydrogen-bond acceptors (Lipinski definition) is 7. The number of nitrogens with one attached hydrogen (secondary N) is 2. The van der Waals surface area contributed by atoms with Gasteiger partial charge in [-0.25, -0.2) is 0 Å². The van der Waals surface area contributed by atoms with Crippen molar-refractivity contribution in [1.29, 1.82) is 0 Å². The van der Waals surface area contributed by atoms with E-state index in [1.54, 1.807) is 30.3 Å². The Morgan fingerprint density at radius 2 is 1.64 bits per heavy atom. The summed E-state index contributed by atoms with van der Waals surface area (Å²) in [6.45, 7) is 0.635. The van der Waals surface area contributed by atoms with Crippen LogP contribution in [0.1, 0.15) is 10.4 Å². The van der Waals surface area contributed by atoms with Crippen LogP contribution in [0.3, 0.4) is 0 Å². The second-order valence-electron chi connectivity index (χ2n) is 6.59. The minimum atomic E-state index is -0.572. The number of rotatable bonds is 9. The fraction of sp³-hybridized carbons (Fsp3) is 0.130. The minimum absolute atomic E-state index is 0.0872. The van der Waals surface area contributed by atoms with Crippen molar-refractivity contribution in [2.75, 3.05) is 25.6 Å². The van der Waals surface area contributed by atoms with Crippen LogP contribution in [0.5, 0.6) is 17.2 Å². The number of amides is 1. The predicted octanol–water partition coefficient (Wildman–Crippen LogP) is 4.19. The first-order chi connectivity index (χ1) is 16.0. The summed E-state index contributed by atoms with van der Waals surface area (Å²) in [5.74, 6) is 1.07. The maximum absolute atomic E-state index is 12.6. The molecule has 10 heteroatoms. The smallest absolute Gasteiger partial charge is 0.296 e. The van der Waals surface area contributed by atoms with Gasteiger partial charge in [0, 0.05) is 5.56 Å². The van der Waals surface area contributed by atoms with Gasteiger partial charge in [0.15, 0.2) is 5.11 Å². The normalized spacial score (nSPS) is 10.1. The molecule has 0 aliphatic carbocycles. The van der Waals surface area contributed by atoms with Crippen molar-refractivity contribution < 1.29 is 23.9 Å². The molecule has 0 saturated carbocycles. The summed E-state index contributed by atoms with van der Waals surface area (Å²) >= 11 is 5.14. The van der Waals surface area contributed by atoms with Gasteiger partial charge in [-0.3, -0.25) is 20.2 Å². The molecule has 0 radical (unpaired) electrons. The van der Waals surface area contributed by atoms with Gasteiger partial charge >= 0.3 is 0 Å². The number of carbonyl (C=O) groups is 1. The average molecular weight is 468 g/mol. The van der Waals surface area contributed by atoms with Crippen molar-refractivity contribution in [2.24, 2.45) is 0 Å². The van der Waals surface area contributed by atoms with E-state index >= 15 is 0 Å². The van der Waals surface area contributed by atoms with Crippen LogP contribution in [0, 0.1) is 10.1 Å². The predicted molar refractivity (Wildman–Crippen MR) is 127 cm³/mol. The molecule has 1 amide bonds. The molecule has 3 rings (SSSR count). The zero-order valence-corrected chi connectivity index (χ0v) is 18.5. The van der Waals surface area contributed by atoms with E-state index in [4.69, 9.17) is 26.4 Å². The number of methoxy groups -OCH3 is 1. The quantitative estimate of drug-likeness (QED) is 0.209. The first kappa shape index (κ1) is 23.5. The van der Waals surface area contributed by atoms with Crippen molar-refractivity contribution >= 4 is 34.6 Å². The maximum atomic E-state index is 12.6. The molecule has 0 fully saturated rings. The number of nitro benzene ring substituents is 1. The molecular weight excluding hydrogens is 446 g/mol. The zero-order chi connectivity index (χ0) is 23.6. The van der Waals surface area contributed by atoms with Gasteiger partial charge in [-0.2, -0.15) is 0 Å². The summed E-state index contributed by atoms with van der Waals surface area (Å²) < 4.78 is 16.2. The van der Waals surface area contributed by atoms with Gasteiger partial charge in [0.1, 0.15) is 36.1 Å². The van der Waals surface area contributed by atoms with Crippen LogP contribution >= 0.6 is 12.2 Å². The van der Waals surface area contributed by atoms with E-state index in [-0.39, 0.29) is 16.5 Å². The van der Waals surface area contributed by atoms with Crippen LogP contribution in [0.15, 0.2) is 72.8 Å². The fourth-order valence-corrected chi connectivity index (χ4v) is 2.99. The van der Waals surface area contributed by atoms with Crippen molar-refractivity contribution in [3.63, 3.8) is 0 Å². The number of thiocarbonyl (C=S) groups is 1. The molecule has 0 saturated heterocycles. The molecule has 0 heterocycles. The number of para-hydroxylation sites is 1. The fourth-order valence-electron chi connectivity index (χ4n) is 2.79. The summed E-state index contributed by atoms with van der Waals surface area (Å²) in [6, 6.07) is 20.2. The van der Waals surface area contributed by atoms with E-state index in [1.807, 2.05) is 30.3 Å². The number of nitro groups is 1. The average Bonchev–Trinajstić information content (AvgIpc) is 2.82. The molecule has 0 aromatic heterocycles. The minimum Gasteiger partial charge on any atom is -0.496 e. The highest BCUT2D eigenvalue weighted by molar-refractivity contribution is 7.80. The third kappa shape index (κ3) is 6.91. The number of anilines is 1. The van der Waals surface area contributed by atoms with E-state index in [1.165, 1.54) is 19.2 Å². The van der Waals surface area contributed by atoms with Gasteiger partial charge < -0.3 is 19.5 Å². The molecule has 2 N–H and O–H groups in total. The van der Waals surface area contributed by atoms with Crippen LogP contribution in [0.2, 0.25) is 0 Å². The summed E-state index contributed by atoms with van der Waals surface area (Å²) in [6.07, 6.45) is 0. The van der Waals surface area contributed by atoms with Gasteiger partial charge in [0.2, 0.25) is 0 Å². The lowest BCUT2D eigenvalue weighted by molar-refractivity contribution is -0.384. The molecule has 170 valence electrons. The number of carbonyl (C=O) groups excluding carboxylic acids is 1. The molecule has 3 aromatic rings. The SMILES string of the molecule is COc1ccc(NC(=S)NC(=O)c2cccc(OCCOc3ccccc3)c2)c([N+](=O)[O-])c1. The highest BCUT2D eigenvalue weighted by atomic mass is 32.1. The van der Waals surface area contributed by atoms with E-state index in [9.17, 15) is 14.9 Å².